The predicted octanol–water partition coefficient (Wildman–Crippen LogP) is 5.50. The van der Waals surface area contributed by atoms with E-state index >= 15 is 0 Å². The highest BCUT2D eigenvalue weighted by molar-refractivity contribution is 5.35. The molecular weight excluding hydrogens is 216 g/mol. The maximum atomic E-state index is 3.94. The van der Waals surface area contributed by atoms with E-state index in [1.165, 1.54) is 17.6 Å². The van der Waals surface area contributed by atoms with Crippen molar-refractivity contribution in [3.63, 3.8) is 0 Å². The van der Waals surface area contributed by atoms with Crippen molar-refractivity contribution >= 4 is 0 Å². The Bertz CT molecular complexity index is 395. The standard InChI is InChI=1S/C18H24/c1-5-10-16(6-2)18(14-13-15(3)4)17-11-8-7-9-12-17/h5-12,15,18H,1-2,13-14H2,3-4H3/b16-10+. The van der Waals surface area contributed by atoms with Gasteiger partial charge in [0.2, 0.25) is 0 Å². The highest BCUT2D eigenvalue weighted by Gasteiger charge is 2.14. The molecule has 0 nitrogen and oxygen atoms in total. The van der Waals surface area contributed by atoms with Crippen LogP contribution in [0.25, 0.3) is 0 Å². The summed E-state index contributed by atoms with van der Waals surface area (Å²) in [6, 6.07) is 10.7. The number of allylic oxidation sites excluding steroid dienone is 4. The van der Waals surface area contributed by atoms with Crippen molar-refractivity contribution in [1.29, 1.82) is 0 Å². The van der Waals surface area contributed by atoms with Crippen molar-refractivity contribution in [1.82, 2.24) is 0 Å². The molecule has 0 heteroatoms. The highest BCUT2D eigenvalue weighted by atomic mass is 14.2. The summed E-state index contributed by atoms with van der Waals surface area (Å²) in [5, 5.41) is 0. The lowest BCUT2D eigenvalue weighted by Gasteiger charge is -2.20. The Kier molecular flexibility index (Phi) is 6.21. The first kappa shape index (κ1) is 14.5. The van der Waals surface area contributed by atoms with E-state index in [0.717, 1.165) is 12.3 Å². The molecule has 0 amide bonds. The Hall–Kier alpha value is -1.56. The number of hydrogen-bond acceptors (Lipinski definition) is 0. The first-order chi connectivity index (χ1) is 8.69. The fourth-order valence-corrected chi connectivity index (χ4v) is 2.17. The third-order valence-corrected chi connectivity index (χ3v) is 3.18. The fourth-order valence-electron chi connectivity index (χ4n) is 2.17. The summed E-state index contributed by atoms with van der Waals surface area (Å²) in [5.74, 6) is 1.16. The normalized spacial score (nSPS) is 13.4. The summed E-state index contributed by atoms with van der Waals surface area (Å²) >= 11 is 0. The van der Waals surface area contributed by atoms with E-state index in [0.29, 0.717) is 5.92 Å². The number of hydrogen-bond donors (Lipinski definition) is 0. The maximum absolute atomic E-state index is 3.94. The molecule has 0 saturated carbocycles. The van der Waals surface area contributed by atoms with Crippen molar-refractivity contribution in [2.24, 2.45) is 5.92 Å². The van der Waals surface area contributed by atoms with Gasteiger partial charge in [0.05, 0.1) is 0 Å². The van der Waals surface area contributed by atoms with Crippen LogP contribution in [0.1, 0.15) is 38.2 Å². The number of rotatable bonds is 7. The Morgan fingerprint density at radius 3 is 2.28 bits per heavy atom. The third-order valence-electron chi connectivity index (χ3n) is 3.18. The molecule has 0 aliphatic carbocycles. The van der Waals surface area contributed by atoms with Gasteiger partial charge in [0.25, 0.3) is 0 Å². The minimum Gasteiger partial charge on any atom is -0.0991 e. The van der Waals surface area contributed by atoms with Gasteiger partial charge in [0.15, 0.2) is 0 Å². The minimum atomic E-state index is 0.434. The van der Waals surface area contributed by atoms with Gasteiger partial charge in [-0.3, -0.25) is 0 Å². The highest BCUT2D eigenvalue weighted by Crippen LogP contribution is 2.31. The molecular formula is C18H24. The van der Waals surface area contributed by atoms with E-state index in [9.17, 15) is 0 Å². The largest absolute Gasteiger partial charge is 0.0991 e. The topological polar surface area (TPSA) is 0 Å². The lowest BCUT2D eigenvalue weighted by atomic mass is 9.85. The van der Waals surface area contributed by atoms with Crippen LogP contribution in [0.3, 0.4) is 0 Å². The van der Waals surface area contributed by atoms with Gasteiger partial charge in [0.1, 0.15) is 0 Å². The van der Waals surface area contributed by atoms with Crippen LogP contribution in [-0.4, -0.2) is 0 Å². The second-order valence-corrected chi connectivity index (χ2v) is 5.04. The first-order valence-electron chi connectivity index (χ1n) is 6.69. The molecule has 0 aliphatic heterocycles. The van der Waals surface area contributed by atoms with Gasteiger partial charge in [-0.1, -0.05) is 82.0 Å². The summed E-state index contributed by atoms with van der Waals surface area (Å²) in [6.07, 6.45) is 8.27. The second kappa shape index (κ2) is 7.71. The van der Waals surface area contributed by atoms with Crippen LogP contribution in [0.4, 0.5) is 0 Å². The van der Waals surface area contributed by atoms with Gasteiger partial charge in [0, 0.05) is 5.92 Å². The molecule has 0 aromatic heterocycles. The van der Waals surface area contributed by atoms with Gasteiger partial charge in [-0.2, -0.15) is 0 Å². The van der Waals surface area contributed by atoms with Crippen molar-refractivity contribution in [2.75, 3.05) is 0 Å². The van der Waals surface area contributed by atoms with E-state index in [1.54, 1.807) is 0 Å². The van der Waals surface area contributed by atoms with E-state index in [-0.39, 0.29) is 0 Å². The zero-order chi connectivity index (χ0) is 13.4. The van der Waals surface area contributed by atoms with Crippen LogP contribution in [0.15, 0.2) is 67.3 Å². The van der Waals surface area contributed by atoms with Crippen molar-refractivity contribution in [3.05, 3.63) is 72.9 Å². The van der Waals surface area contributed by atoms with Crippen LogP contribution < -0.4 is 0 Å². The van der Waals surface area contributed by atoms with Crippen LogP contribution in [0.2, 0.25) is 0 Å². The average Bonchev–Trinajstić information content (AvgIpc) is 2.38. The molecule has 0 aliphatic rings. The molecule has 0 fully saturated rings. The molecule has 0 heterocycles. The van der Waals surface area contributed by atoms with Crippen LogP contribution in [0, 0.1) is 5.92 Å². The van der Waals surface area contributed by atoms with Crippen LogP contribution >= 0.6 is 0 Å². The smallest absolute Gasteiger partial charge is 0.00892 e. The van der Waals surface area contributed by atoms with Crippen LogP contribution in [0.5, 0.6) is 0 Å². The number of benzene rings is 1. The van der Waals surface area contributed by atoms with Gasteiger partial charge in [-0.15, -0.1) is 0 Å². The summed E-state index contributed by atoms with van der Waals surface area (Å²) in [6.45, 7) is 12.3. The Morgan fingerprint density at radius 1 is 1.11 bits per heavy atom. The summed E-state index contributed by atoms with van der Waals surface area (Å²) < 4.78 is 0. The second-order valence-electron chi connectivity index (χ2n) is 5.04. The molecule has 1 aromatic carbocycles. The summed E-state index contributed by atoms with van der Waals surface area (Å²) in [7, 11) is 0. The Morgan fingerprint density at radius 2 is 1.78 bits per heavy atom. The molecule has 0 bridgehead atoms. The molecule has 1 unspecified atom stereocenters. The maximum Gasteiger partial charge on any atom is 0.00892 e. The molecule has 1 aromatic rings. The SMILES string of the molecule is C=C/C=C(\C=C)C(CCC(C)C)c1ccccc1. The van der Waals surface area contributed by atoms with Crippen molar-refractivity contribution < 1.29 is 0 Å². The molecule has 0 spiro atoms. The van der Waals surface area contributed by atoms with Crippen molar-refractivity contribution in [3.8, 4) is 0 Å². The fraction of sp³-hybridized carbons (Fsp3) is 0.333. The quantitative estimate of drug-likeness (QED) is 0.552. The predicted molar refractivity (Wildman–Crippen MR) is 81.7 cm³/mol. The van der Waals surface area contributed by atoms with E-state index in [1.807, 2.05) is 12.2 Å². The van der Waals surface area contributed by atoms with Crippen molar-refractivity contribution in [2.45, 2.75) is 32.6 Å². The van der Waals surface area contributed by atoms with E-state index in [2.05, 4.69) is 63.4 Å². The lowest BCUT2D eigenvalue weighted by Crippen LogP contribution is -2.03. The minimum absolute atomic E-state index is 0.434. The third kappa shape index (κ3) is 4.37. The zero-order valence-corrected chi connectivity index (χ0v) is 11.6. The summed E-state index contributed by atoms with van der Waals surface area (Å²) in [5.41, 5.74) is 2.63. The Labute approximate surface area is 112 Å². The molecule has 18 heavy (non-hydrogen) atoms. The first-order valence-corrected chi connectivity index (χ1v) is 6.69. The molecule has 0 N–H and O–H groups in total. The van der Waals surface area contributed by atoms with Gasteiger partial charge < -0.3 is 0 Å². The van der Waals surface area contributed by atoms with Gasteiger partial charge >= 0.3 is 0 Å². The molecule has 0 radical (unpaired) electrons. The summed E-state index contributed by atoms with van der Waals surface area (Å²) in [4.78, 5) is 0. The van der Waals surface area contributed by atoms with Gasteiger partial charge in [-0.05, 0) is 23.5 Å². The molecule has 0 saturated heterocycles. The Balaban J connectivity index is 2.98. The van der Waals surface area contributed by atoms with Crippen LogP contribution in [-0.2, 0) is 0 Å². The molecule has 1 rings (SSSR count). The zero-order valence-electron chi connectivity index (χ0n) is 11.6. The average molecular weight is 240 g/mol. The molecule has 1 atom stereocenters. The van der Waals surface area contributed by atoms with E-state index < -0.39 is 0 Å². The lowest BCUT2D eigenvalue weighted by molar-refractivity contribution is 0.528. The van der Waals surface area contributed by atoms with Gasteiger partial charge in [-0.25, -0.2) is 0 Å². The monoisotopic (exact) mass is 240 g/mol. The molecule has 96 valence electrons. The van der Waals surface area contributed by atoms with E-state index in [4.69, 9.17) is 0 Å².